The molecule has 4 heteroatoms. The van der Waals surface area contributed by atoms with E-state index in [1.807, 2.05) is 13.1 Å². The first kappa shape index (κ1) is 12.5. The Balaban J connectivity index is 2.05. The second-order valence-corrected chi connectivity index (χ2v) is 4.74. The summed E-state index contributed by atoms with van der Waals surface area (Å²) in [6, 6.07) is 6.42. The molecule has 1 aromatic carbocycles. The summed E-state index contributed by atoms with van der Waals surface area (Å²) in [6.45, 7) is 4.84. The van der Waals surface area contributed by atoms with E-state index in [0.29, 0.717) is 0 Å². The average Bonchev–Trinajstić information content (AvgIpc) is 2.73. The fourth-order valence-electron chi connectivity index (χ4n) is 1.88. The number of aromatic nitrogens is 2. The van der Waals surface area contributed by atoms with E-state index in [9.17, 15) is 0 Å². The summed E-state index contributed by atoms with van der Waals surface area (Å²) in [6.07, 6.45) is 1.87. The zero-order chi connectivity index (χ0) is 13.1. The number of aromatic amines is 1. The molecule has 18 heavy (non-hydrogen) atoms. The Morgan fingerprint density at radius 3 is 2.61 bits per heavy atom. The SMILES string of the molecule is Cc1ncc(CNc2ccc(N(C)C)cc2C)[nH]1. The van der Waals surface area contributed by atoms with Crippen LogP contribution in [-0.2, 0) is 6.54 Å². The maximum atomic E-state index is 4.19. The van der Waals surface area contributed by atoms with Crippen molar-refractivity contribution in [1.82, 2.24) is 9.97 Å². The van der Waals surface area contributed by atoms with Crippen LogP contribution in [0.25, 0.3) is 0 Å². The first-order valence-corrected chi connectivity index (χ1v) is 6.08. The number of nitrogens with one attached hydrogen (secondary N) is 2. The van der Waals surface area contributed by atoms with E-state index in [1.165, 1.54) is 11.3 Å². The van der Waals surface area contributed by atoms with Gasteiger partial charge in [0.25, 0.3) is 0 Å². The summed E-state index contributed by atoms with van der Waals surface area (Å²) in [5, 5.41) is 3.42. The number of benzene rings is 1. The van der Waals surface area contributed by atoms with Gasteiger partial charge in [-0.25, -0.2) is 4.98 Å². The van der Waals surface area contributed by atoms with Crippen molar-refractivity contribution in [2.75, 3.05) is 24.3 Å². The maximum absolute atomic E-state index is 4.19. The van der Waals surface area contributed by atoms with Gasteiger partial charge in [0.2, 0.25) is 0 Å². The molecule has 0 saturated heterocycles. The van der Waals surface area contributed by atoms with Gasteiger partial charge >= 0.3 is 0 Å². The summed E-state index contributed by atoms with van der Waals surface area (Å²) in [7, 11) is 4.10. The van der Waals surface area contributed by atoms with Crippen molar-refractivity contribution < 1.29 is 0 Å². The summed E-state index contributed by atoms with van der Waals surface area (Å²) < 4.78 is 0. The van der Waals surface area contributed by atoms with Crippen molar-refractivity contribution in [2.24, 2.45) is 0 Å². The molecule has 2 aromatic rings. The van der Waals surface area contributed by atoms with Crippen LogP contribution in [0, 0.1) is 13.8 Å². The van der Waals surface area contributed by atoms with Gasteiger partial charge in [-0.1, -0.05) is 0 Å². The van der Waals surface area contributed by atoms with Crippen LogP contribution in [0.4, 0.5) is 11.4 Å². The van der Waals surface area contributed by atoms with Crippen LogP contribution in [0.5, 0.6) is 0 Å². The molecule has 0 radical (unpaired) electrons. The van der Waals surface area contributed by atoms with Gasteiger partial charge < -0.3 is 15.2 Å². The number of aryl methyl sites for hydroxylation is 2. The molecule has 0 spiro atoms. The lowest BCUT2D eigenvalue weighted by molar-refractivity contribution is 1.04. The average molecular weight is 244 g/mol. The Hall–Kier alpha value is -1.97. The lowest BCUT2D eigenvalue weighted by Gasteiger charge is -2.15. The van der Waals surface area contributed by atoms with Crippen LogP contribution < -0.4 is 10.2 Å². The monoisotopic (exact) mass is 244 g/mol. The molecule has 0 aliphatic rings. The van der Waals surface area contributed by atoms with Crippen molar-refractivity contribution >= 4 is 11.4 Å². The van der Waals surface area contributed by atoms with E-state index in [-0.39, 0.29) is 0 Å². The van der Waals surface area contributed by atoms with Gasteiger partial charge in [0.05, 0.1) is 18.4 Å². The smallest absolute Gasteiger partial charge is 0.103 e. The van der Waals surface area contributed by atoms with E-state index in [4.69, 9.17) is 0 Å². The molecule has 1 heterocycles. The molecular formula is C14H20N4. The molecule has 1 aromatic heterocycles. The van der Waals surface area contributed by atoms with E-state index in [2.05, 4.69) is 59.4 Å². The molecule has 0 aliphatic heterocycles. The largest absolute Gasteiger partial charge is 0.379 e. The molecule has 0 atom stereocenters. The molecule has 0 amide bonds. The third kappa shape index (κ3) is 2.83. The van der Waals surface area contributed by atoms with Crippen molar-refractivity contribution in [3.05, 3.63) is 41.5 Å². The highest BCUT2D eigenvalue weighted by Gasteiger charge is 2.02. The summed E-state index contributed by atoms with van der Waals surface area (Å²) in [5.74, 6) is 0.950. The number of anilines is 2. The zero-order valence-corrected chi connectivity index (χ0v) is 11.4. The van der Waals surface area contributed by atoms with Crippen molar-refractivity contribution in [3.8, 4) is 0 Å². The highest BCUT2D eigenvalue weighted by atomic mass is 15.1. The molecule has 2 N–H and O–H groups in total. The molecule has 4 nitrogen and oxygen atoms in total. The van der Waals surface area contributed by atoms with Crippen LogP contribution in [0.2, 0.25) is 0 Å². The molecule has 96 valence electrons. The van der Waals surface area contributed by atoms with Gasteiger partial charge in [-0.2, -0.15) is 0 Å². The van der Waals surface area contributed by atoms with Crippen LogP contribution in [0.15, 0.2) is 24.4 Å². The van der Waals surface area contributed by atoms with Gasteiger partial charge in [-0.15, -0.1) is 0 Å². The van der Waals surface area contributed by atoms with Crippen LogP contribution >= 0.6 is 0 Å². The summed E-state index contributed by atoms with van der Waals surface area (Å²) >= 11 is 0. The molecule has 2 rings (SSSR count). The summed E-state index contributed by atoms with van der Waals surface area (Å²) in [4.78, 5) is 9.51. The first-order chi connectivity index (χ1) is 8.56. The zero-order valence-electron chi connectivity index (χ0n) is 11.4. The molecule has 0 aliphatic carbocycles. The predicted molar refractivity (Wildman–Crippen MR) is 76.2 cm³/mol. The van der Waals surface area contributed by atoms with Crippen LogP contribution in [-0.4, -0.2) is 24.1 Å². The molecule has 0 unspecified atom stereocenters. The Morgan fingerprint density at radius 1 is 1.28 bits per heavy atom. The quantitative estimate of drug-likeness (QED) is 0.869. The standard InChI is InChI=1S/C14H20N4/c1-10-7-13(18(3)4)5-6-14(10)16-9-12-8-15-11(2)17-12/h5-8,16H,9H2,1-4H3,(H,15,17). The van der Waals surface area contributed by atoms with Crippen LogP contribution in [0.3, 0.4) is 0 Å². The fraction of sp³-hybridized carbons (Fsp3) is 0.357. The van der Waals surface area contributed by atoms with Gasteiger partial charge in [0, 0.05) is 25.5 Å². The second-order valence-electron chi connectivity index (χ2n) is 4.74. The molecule has 0 bridgehead atoms. The van der Waals surface area contributed by atoms with E-state index >= 15 is 0 Å². The third-order valence-electron chi connectivity index (χ3n) is 2.95. The van der Waals surface area contributed by atoms with E-state index < -0.39 is 0 Å². The minimum absolute atomic E-state index is 0.767. The molecule has 0 fully saturated rings. The van der Waals surface area contributed by atoms with Crippen molar-refractivity contribution in [1.29, 1.82) is 0 Å². The lowest BCUT2D eigenvalue weighted by atomic mass is 10.1. The topological polar surface area (TPSA) is 44.0 Å². The number of hydrogen-bond acceptors (Lipinski definition) is 3. The highest BCUT2D eigenvalue weighted by Crippen LogP contribution is 2.21. The highest BCUT2D eigenvalue weighted by molar-refractivity contribution is 5.59. The number of H-pyrrole nitrogens is 1. The minimum atomic E-state index is 0.767. The van der Waals surface area contributed by atoms with Gasteiger partial charge in [-0.3, -0.25) is 0 Å². The van der Waals surface area contributed by atoms with Crippen molar-refractivity contribution in [2.45, 2.75) is 20.4 Å². The van der Waals surface area contributed by atoms with E-state index in [0.717, 1.165) is 23.8 Å². The van der Waals surface area contributed by atoms with Gasteiger partial charge in [0.15, 0.2) is 0 Å². The van der Waals surface area contributed by atoms with Gasteiger partial charge in [0.1, 0.15) is 5.82 Å². The fourth-order valence-corrected chi connectivity index (χ4v) is 1.88. The predicted octanol–water partition coefficient (Wildman–Crippen LogP) is 2.70. The maximum Gasteiger partial charge on any atom is 0.103 e. The summed E-state index contributed by atoms with van der Waals surface area (Å²) in [5.41, 5.74) is 4.73. The normalized spacial score (nSPS) is 10.4. The third-order valence-corrected chi connectivity index (χ3v) is 2.95. The van der Waals surface area contributed by atoms with E-state index in [1.54, 1.807) is 0 Å². The minimum Gasteiger partial charge on any atom is -0.379 e. The Morgan fingerprint density at radius 2 is 2.06 bits per heavy atom. The molecule has 0 saturated carbocycles. The lowest BCUT2D eigenvalue weighted by Crippen LogP contribution is -2.09. The number of imidazole rings is 1. The Labute approximate surface area is 108 Å². The first-order valence-electron chi connectivity index (χ1n) is 6.08. The van der Waals surface area contributed by atoms with Gasteiger partial charge in [-0.05, 0) is 37.6 Å². The van der Waals surface area contributed by atoms with Crippen LogP contribution in [0.1, 0.15) is 17.1 Å². The Bertz CT molecular complexity index is 528. The molecular weight excluding hydrogens is 224 g/mol. The second kappa shape index (κ2) is 5.12. The van der Waals surface area contributed by atoms with Crippen molar-refractivity contribution in [3.63, 3.8) is 0 Å². The Kier molecular flexibility index (Phi) is 3.55. The number of hydrogen-bond donors (Lipinski definition) is 2. The number of rotatable bonds is 4. The number of nitrogens with zero attached hydrogens (tertiary/aromatic N) is 2.